The van der Waals surface area contributed by atoms with E-state index in [1.807, 2.05) is 0 Å². The fourth-order valence-electron chi connectivity index (χ4n) is 3.48. The minimum Gasteiger partial charge on any atom is -0.463 e. The van der Waals surface area contributed by atoms with Gasteiger partial charge in [0.25, 0.3) is 0 Å². The van der Waals surface area contributed by atoms with E-state index in [9.17, 15) is 24.4 Å². The van der Waals surface area contributed by atoms with Crippen molar-refractivity contribution in [3.63, 3.8) is 0 Å². The Morgan fingerprint density at radius 3 is 2.54 bits per heavy atom. The molecule has 2 amide bonds. The van der Waals surface area contributed by atoms with Crippen LogP contribution < -0.4 is 9.84 Å². The summed E-state index contributed by atoms with van der Waals surface area (Å²) in [5.74, 6) is -1.10. The molecule has 2 aliphatic rings. The lowest BCUT2D eigenvalue weighted by molar-refractivity contribution is -0.151. The van der Waals surface area contributed by atoms with Crippen molar-refractivity contribution in [2.75, 3.05) is 12.8 Å². The zero-order chi connectivity index (χ0) is 25.8. The van der Waals surface area contributed by atoms with E-state index >= 15 is 0 Å². The molecule has 3 rings (SSSR count). The van der Waals surface area contributed by atoms with Gasteiger partial charge in [-0.25, -0.2) is 9.36 Å². The summed E-state index contributed by atoms with van der Waals surface area (Å²) in [6, 6.07) is 7.71. The van der Waals surface area contributed by atoms with Crippen molar-refractivity contribution in [1.29, 1.82) is 0 Å². The van der Waals surface area contributed by atoms with Crippen LogP contribution in [0.3, 0.4) is 0 Å². The van der Waals surface area contributed by atoms with Crippen molar-refractivity contribution in [2.45, 2.75) is 51.4 Å². The lowest BCUT2D eigenvalue weighted by Crippen LogP contribution is -2.49. The van der Waals surface area contributed by atoms with Gasteiger partial charge in [0, 0.05) is 11.9 Å². The molecule has 0 aromatic heterocycles. The molecule has 0 aliphatic carbocycles. The number of carbonyl (C=O) groups is 2. The number of nitrogens with zero attached hydrogens (tertiary/aromatic N) is 1. The first-order valence-electron chi connectivity index (χ1n) is 11.2. The number of esters is 1. The average Bonchev–Trinajstić information content (AvgIpc) is 3.06. The van der Waals surface area contributed by atoms with Gasteiger partial charge in [-0.1, -0.05) is 31.7 Å². The Morgan fingerprint density at radius 2 is 1.91 bits per heavy atom. The van der Waals surface area contributed by atoms with Gasteiger partial charge in [-0.2, -0.15) is 0 Å². The van der Waals surface area contributed by atoms with Crippen LogP contribution in [0, 0.1) is 5.92 Å². The normalized spacial score (nSPS) is 26.9. The Morgan fingerprint density at radius 1 is 1.23 bits per heavy atom. The van der Waals surface area contributed by atoms with Crippen LogP contribution in [0.5, 0.6) is 5.75 Å². The molecule has 0 bridgehead atoms. The van der Waals surface area contributed by atoms with Crippen LogP contribution in [0.15, 0.2) is 54.9 Å². The van der Waals surface area contributed by atoms with E-state index in [4.69, 9.17) is 18.5 Å². The maximum absolute atomic E-state index is 13.7. The highest BCUT2D eigenvalue weighted by Crippen LogP contribution is 2.50. The summed E-state index contributed by atoms with van der Waals surface area (Å²) in [4.78, 5) is 25.6. The Bertz CT molecular complexity index is 1000. The molecule has 1 aromatic carbocycles. The third-order valence-electron chi connectivity index (χ3n) is 5.22. The molecule has 192 valence electrons. The molecule has 0 saturated carbocycles. The quantitative estimate of drug-likeness (QED) is 0.319. The summed E-state index contributed by atoms with van der Waals surface area (Å²) in [6.07, 6.45) is -3.01. The zero-order valence-corrected chi connectivity index (χ0v) is 20.7. The number of hydrogen-bond acceptors (Lipinski definition) is 9. The second-order valence-electron chi connectivity index (χ2n) is 8.60. The molecule has 2 heterocycles. The van der Waals surface area contributed by atoms with Crippen molar-refractivity contribution in [3.8, 4) is 5.75 Å². The van der Waals surface area contributed by atoms with Crippen LogP contribution in [-0.2, 0) is 23.4 Å². The number of urea groups is 1. The van der Waals surface area contributed by atoms with Crippen molar-refractivity contribution in [1.82, 2.24) is 10.2 Å². The maximum Gasteiger partial charge on any atom is 0.380 e. The van der Waals surface area contributed by atoms with E-state index in [2.05, 4.69) is 11.9 Å². The lowest BCUT2D eigenvalue weighted by atomic mass is 10.1. The fourth-order valence-corrected chi connectivity index (χ4v) is 5.35. The van der Waals surface area contributed by atoms with Crippen molar-refractivity contribution >= 4 is 19.6 Å². The van der Waals surface area contributed by atoms with Crippen LogP contribution >= 0.6 is 7.60 Å². The van der Waals surface area contributed by atoms with E-state index in [0.29, 0.717) is 5.70 Å². The predicted octanol–water partition coefficient (Wildman–Crippen LogP) is 2.36. The van der Waals surface area contributed by atoms with Crippen molar-refractivity contribution < 1.29 is 42.9 Å². The Kier molecular flexibility index (Phi) is 8.74. The molecule has 1 saturated heterocycles. The first-order valence-corrected chi connectivity index (χ1v) is 12.9. The second kappa shape index (κ2) is 11.4. The van der Waals surface area contributed by atoms with Gasteiger partial charge in [0.15, 0.2) is 6.23 Å². The zero-order valence-electron chi connectivity index (χ0n) is 19.8. The number of allylic oxidation sites excluding steroid dienone is 1. The number of aliphatic hydroxyl groups is 2. The van der Waals surface area contributed by atoms with Gasteiger partial charge >= 0.3 is 19.6 Å². The summed E-state index contributed by atoms with van der Waals surface area (Å²) in [6.45, 7) is 8.14. The average molecular weight is 510 g/mol. The van der Waals surface area contributed by atoms with Gasteiger partial charge in [0.05, 0.1) is 24.8 Å². The summed E-state index contributed by atoms with van der Waals surface area (Å²) in [7, 11) is -3.96. The van der Waals surface area contributed by atoms with E-state index in [1.165, 1.54) is 12.3 Å². The molecular weight excluding hydrogens is 479 g/mol. The Labute approximate surface area is 203 Å². The van der Waals surface area contributed by atoms with Gasteiger partial charge in [0.2, 0.25) is 0 Å². The van der Waals surface area contributed by atoms with E-state index in [1.54, 1.807) is 51.1 Å². The molecule has 35 heavy (non-hydrogen) atoms. The first kappa shape index (κ1) is 26.9. The monoisotopic (exact) mass is 510 g/mol. The minimum absolute atomic E-state index is 0.265. The molecule has 11 nitrogen and oxygen atoms in total. The number of benzene rings is 1. The van der Waals surface area contributed by atoms with E-state index < -0.39 is 56.7 Å². The molecule has 2 aliphatic heterocycles. The Balaban J connectivity index is 1.72. The summed E-state index contributed by atoms with van der Waals surface area (Å²) < 4.78 is 35.8. The minimum atomic E-state index is -3.96. The van der Waals surface area contributed by atoms with E-state index in [0.717, 1.165) is 4.90 Å². The molecule has 1 fully saturated rings. The van der Waals surface area contributed by atoms with Crippen LogP contribution in [0.25, 0.3) is 0 Å². The number of nitrogens with one attached hydrogen (secondary N) is 1. The number of rotatable bonds is 10. The first-order chi connectivity index (χ1) is 16.5. The van der Waals surface area contributed by atoms with Crippen LogP contribution in [-0.4, -0.2) is 70.5 Å². The molecule has 6 atom stereocenters. The highest BCUT2D eigenvalue weighted by Gasteiger charge is 2.48. The molecular formula is C23H31N2O9P. The van der Waals surface area contributed by atoms with Gasteiger partial charge in [-0.3, -0.25) is 14.2 Å². The predicted molar refractivity (Wildman–Crippen MR) is 125 cm³/mol. The fraction of sp³-hybridized carbons (Fsp3) is 0.478. The van der Waals surface area contributed by atoms with Crippen LogP contribution in [0.2, 0.25) is 0 Å². The number of hydrogen-bond donors (Lipinski definition) is 3. The number of amides is 2. The van der Waals surface area contributed by atoms with E-state index in [-0.39, 0.29) is 18.0 Å². The highest BCUT2D eigenvalue weighted by atomic mass is 31.2. The number of aliphatic hydroxyl groups excluding tert-OH is 2. The van der Waals surface area contributed by atoms with Crippen molar-refractivity contribution in [2.24, 2.45) is 5.92 Å². The summed E-state index contributed by atoms with van der Waals surface area (Å²) in [5, 5.41) is 23.4. The van der Waals surface area contributed by atoms with Crippen LogP contribution in [0.1, 0.15) is 20.8 Å². The summed E-state index contributed by atoms with van der Waals surface area (Å²) >= 11 is 0. The number of carbonyl (C=O) groups excluding carboxylic acids is 2. The molecule has 0 radical (unpaired) electrons. The van der Waals surface area contributed by atoms with Crippen LogP contribution in [0.4, 0.5) is 4.79 Å². The van der Waals surface area contributed by atoms with Gasteiger partial charge in [-0.05, 0) is 32.1 Å². The molecule has 2 unspecified atom stereocenters. The number of para-hydroxylation sites is 1. The smallest absolute Gasteiger partial charge is 0.380 e. The summed E-state index contributed by atoms with van der Waals surface area (Å²) in [5.41, 5.74) is 0.364. The highest BCUT2D eigenvalue weighted by molar-refractivity contribution is 7.54. The third-order valence-corrected chi connectivity index (χ3v) is 7.25. The molecule has 3 N–H and O–H groups in total. The van der Waals surface area contributed by atoms with Gasteiger partial charge in [0.1, 0.15) is 24.1 Å². The van der Waals surface area contributed by atoms with Gasteiger partial charge < -0.3 is 29.5 Å². The third kappa shape index (κ3) is 6.93. The molecule has 12 heteroatoms. The van der Waals surface area contributed by atoms with Gasteiger partial charge in [-0.15, -0.1) is 0 Å². The molecule has 0 spiro atoms. The largest absolute Gasteiger partial charge is 0.463 e. The number of ether oxygens (including phenoxy) is 2. The SMILES string of the molecule is C=C1C=CN([C@@H]2O[C@H](COP(=O)(C[C@@H](C)C(=O)OC(C)C)Oc3ccccc3)C(O)[C@@H]2O)C(=O)N1. The Hall–Kier alpha value is -2.69. The molecule has 1 aromatic rings. The maximum atomic E-state index is 13.7. The standard InChI is InChI=1S/C23H31N2O9P/c1-14(2)32-22(28)15(3)13-35(30,34-17-8-6-5-7-9-17)31-12-18-19(26)20(27)21(33-18)25-11-10-16(4)24-23(25)29/h5-11,14-15,18-21,26-27H,4,12-13H2,1-3H3,(H,24,29)/t15-,18-,19?,20+,21-,35?/m1/s1. The lowest BCUT2D eigenvalue weighted by Gasteiger charge is -2.30. The van der Waals surface area contributed by atoms with Crippen molar-refractivity contribution in [3.05, 3.63) is 54.9 Å². The topological polar surface area (TPSA) is 144 Å². The second-order valence-corrected chi connectivity index (χ2v) is 10.6.